The Morgan fingerprint density at radius 3 is 2.29 bits per heavy atom. The molecule has 1 aromatic carbocycles. The Kier molecular flexibility index (Phi) is 13.2. The average Bonchev–Trinajstić information content (AvgIpc) is 2.85. The molecule has 0 spiro atoms. The molecule has 0 radical (unpaired) electrons. The summed E-state index contributed by atoms with van der Waals surface area (Å²) in [6.07, 6.45) is 1.74. The summed E-state index contributed by atoms with van der Waals surface area (Å²) in [7, 11) is 1.78. The molecule has 0 bridgehead atoms. The monoisotopic (exact) mass is 479 g/mol. The molecule has 1 N–H and O–H groups in total. The molecule has 0 saturated carbocycles. The quantitative estimate of drug-likeness (QED) is 0.279. The van der Waals surface area contributed by atoms with Crippen molar-refractivity contribution in [3.8, 4) is 0 Å². The van der Waals surface area contributed by atoms with Gasteiger partial charge in [-0.3, -0.25) is 14.5 Å². The van der Waals surface area contributed by atoms with Gasteiger partial charge in [-0.05, 0) is 18.1 Å². The van der Waals surface area contributed by atoms with Crippen LogP contribution >= 0.6 is 0 Å². The minimum atomic E-state index is -0.880. The first-order valence-electron chi connectivity index (χ1n) is 11.7. The van der Waals surface area contributed by atoms with Gasteiger partial charge in [-0.1, -0.05) is 18.2 Å². The van der Waals surface area contributed by atoms with Gasteiger partial charge >= 0.3 is 12.0 Å². The molecule has 2 amide bonds. The number of likely N-dealkylation sites (N-methyl/N-ethyl adjacent to an activating group) is 1. The second kappa shape index (κ2) is 16.2. The summed E-state index contributed by atoms with van der Waals surface area (Å²) >= 11 is 0. The minimum absolute atomic E-state index is 0.0105. The van der Waals surface area contributed by atoms with Crippen molar-refractivity contribution < 1.29 is 33.7 Å². The molecule has 1 fully saturated rings. The second-order valence-electron chi connectivity index (χ2n) is 8.13. The molecule has 0 aromatic heterocycles. The fourth-order valence-electron chi connectivity index (χ4n) is 3.51. The maximum Gasteiger partial charge on any atom is 0.319 e. The fourth-order valence-corrected chi connectivity index (χ4v) is 3.51. The molecule has 10 nitrogen and oxygen atoms in total. The summed E-state index contributed by atoms with van der Waals surface area (Å²) < 4.78 is 16.0. The zero-order valence-corrected chi connectivity index (χ0v) is 20.0. The van der Waals surface area contributed by atoms with E-state index in [0.717, 1.165) is 37.9 Å². The minimum Gasteiger partial charge on any atom is -0.481 e. The predicted octanol–water partition coefficient (Wildman–Crippen LogP) is 1.24. The number of urea groups is 1. The number of benzene rings is 1. The van der Waals surface area contributed by atoms with E-state index in [1.165, 1.54) is 0 Å². The maximum absolute atomic E-state index is 12.7. The van der Waals surface area contributed by atoms with Crippen molar-refractivity contribution in [1.29, 1.82) is 0 Å². The van der Waals surface area contributed by atoms with Crippen molar-refractivity contribution in [3.63, 3.8) is 0 Å². The first kappa shape index (κ1) is 27.7. The standard InChI is InChI=1S/C24H37N3O7/c1-25(12-14-33-16-18-34-17-15-32-13-6-23(29)30)24(31)27-10-8-26(9-11-27)7-5-21-3-2-4-22(19-21)20-28/h2-4,19-20H,5-18H2,1H3,(H,29,30). The number of carboxylic acids is 1. The van der Waals surface area contributed by atoms with Crippen LogP contribution < -0.4 is 0 Å². The van der Waals surface area contributed by atoms with Crippen molar-refractivity contribution >= 4 is 18.3 Å². The normalized spacial score (nSPS) is 14.2. The lowest BCUT2D eigenvalue weighted by atomic mass is 10.1. The molecule has 2 rings (SSSR count). The third kappa shape index (κ3) is 11.1. The number of rotatable bonds is 16. The molecule has 1 saturated heterocycles. The maximum atomic E-state index is 12.7. The molecule has 0 unspecified atom stereocenters. The highest BCUT2D eigenvalue weighted by molar-refractivity contribution is 5.75. The van der Waals surface area contributed by atoms with Crippen LogP contribution in [0.2, 0.25) is 0 Å². The van der Waals surface area contributed by atoms with Crippen LogP contribution in [0.1, 0.15) is 22.3 Å². The molecule has 0 aliphatic carbocycles. The second-order valence-corrected chi connectivity index (χ2v) is 8.13. The van der Waals surface area contributed by atoms with Crippen molar-refractivity contribution in [2.75, 3.05) is 86.0 Å². The number of aldehydes is 1. The highest BCUT2D eigenvalue weighted by atomic mass is 16.5. The van der Waals surface area contributed by atoms with Crippen molar-refractivity contribution in [2.45, 2.75) is 12.8 Å². The molecule has 1 aliphatic rings. The SMILES string of the molecule is CN(CCOCCOCCOCCC(=O)O)C(=O)N1CCN(CCc2cccc(C=O)c2)CC1. The van der Waals surface area contributed by atoms with Gasteiger partial charge in [0.2, 0.25) is 0 Å². The number of aliphatic carboxylic acids is 1. The van der Waals surface area contributed by atoms with E-state index >= 15 is 0 Å². The highest BCUT2D eigenvalue weighted by Gasteiger charge is 2.23. The van der Waals surface area contributed by atoms with Crippen LogP contribution in [0.15, 0.2) is 24.3 Å². The molecular weight excluding hydrogens is 442 g/mol. The van der Waals surface area contributed by atoms with Crippen LogP contribution in [0, 0.1) is 0 Å². The van der Waals surface area contributed by atoms with Crippen LogP contribution in [-0.2, 0) is 25.4 Å². The van der Waals surface area contributed by atoms with E-state index in [9.17, 15) is 14.4 Å². The lowest BCUT2D eigenvalue weighted by Crippen LogP contribution is -2.52. The number of amides is 2. The van der Waals surface area contributed by atoms with Gasteiger partial charge in [0.05, 0.1) is 46.1 Å². The van der Waals surface area contributed by atoms with Gasteiger partial charge in [-0.25, -0.2) is 4.79 Å². The molecule has 34 heavy (non-hydrogen) atoms. The molecule has 1 aromatic rings. The molecule has 1 heterocycles. The topological polar surface area (TPSA) is 109 Å². The molecule has 190 valence electrons. The summed E-state index contributed by atoms with van der Waals surface area (Å²) in [5.41, 5.74) is 1.85. The van der Waals surface area contributed by atoms with E-state index in [1.807, 2.05) is 23.1 Å². The van der Waals surface area contributed by atoms with Gasteiger partial charge < -0.3 is 29.1 Å². The Morgan fingerprint density at radius 2 is 1.65 bits per heavy atom. The van der Waals surface area contributed by atoms with Crippen LogP contribution in [-0.4, -0.2) is 124 Å². The number of carboxylic acid groups (broad SMARTS) is 1. The Balaban J connectivity index is 1.49. The highest BCUT2D eigenvalue weighted by Crippen LogP contribution is 2.09. The number of carbonyl (C=O) groups excluding carboxylic acids is 2. The third-order valence-electron chi connectivity index (χ3n) is 5.55. The Hall–Kier alpha value is -2.53. The van der Waals surface area contributed by atoms with Crippen molar-refractivity contribution in [3.05, 3.63) is 35.4 Å². The van der Waals surface area contributed by atoms with Gasteiger partial charge in [-0.2, -0.15) is 0 Å². The van der Waals surface area contributed by atoms with Crippen LogP contribution in [0.3, 0.4) is 0 Å². The third-order valence-corrected chi connectivity index (χ3v) is 5.55. The number of ether oxygens (including phenoxy) is 3. The van der Waals surface area contributed by atoms with E-state index in [2.05, 4.69) is 4.90 Å². The summed E-state index contributed by atoms with van der Waals surface area (Å²) in [5, 5.41) is 8.50. The Labute approximate surface area is 201 Å². The molecule has 1 aliphatic heterocycles. The number of hydrogen-bond acceptors (Lipinski definition) is 7. The van der Waals surface area contributed by atoms with Crippen LogP contribution in [0.25, 0.3) is 0 Å². The van der Waals surface area contributed by atoms with Gasteiger partial charge in [0, 0.05) is 51.9 Å². The van der Waals surface area contributed by atoms with Gasteiger partial charge in [0.25, 0.3) is 0 Å². The smallest absolute Gasteiger partial charge is 0.319 e. The number of carbonyl (C=O) groups is 3. The zero-order chi connectivity index (χ0) is 24.6. The molecular formula is C24H37N3O7. The Morgan fingerprint density at radius 1 is 1.00 bits per heavy atom. The zero-order valence-electron chi connectivity index (χ0n) is 20.0. The van der Waals surface area contributed by atoms with Crippen LogP contribution in [0.4, 0.5) is 4.79 Å². The first-order valence-corrected chi connectivity index (χ1v) is 11.7. The lowest BCUT2D eigenvalue weighted by molar-refractivity contribution is -0.138. The molecule has 10 heteroatoms. The Bertz CT molecular complexity index is 754. The summed E-state index contributed by atoms with van der Waals surface area (Å²) in [4.78, 5) is 39.8. The average molecular weight is 480 g/mol. The van der Waals surface area contributed by atoms with Crippen LogP contribution in [0.5, 0.6) is 0 Å². The van der Waals surface area contributed by atoms with E-state index in [-0.39, 0.29) is 19.1 Å². The first-order chi connectivity index (χ1) is 16.5. The van der Waals surface area contributed by atoms with E-state index in [1.54, 1.807) is 18.0 Å². The number of piperazine rings is 1. The summed E-state index contributed by atoms with van der Waals surface area (Å²) in [6, 6.07) is 7.69. The van der Waals surface area contributed by atoms with E-state index in [4.69, 9.17) is 19.3 Å². The largest absolute Gasteiger partial charge is 0.481 e. The van der Waals surface area contributed by atoms with Crippen molar-refractivity contribution in [1.82, 2.24) is 14.7 Å². The fraction of sp³-hybridized carbons (Fsp3) is 0.625. The molecule has 0 atom stereocenters. The number of nitrogens with zero attached hydrogens (tertiary/aromatic N) is 3. The van der Waals surface area contributed by atoms with E-state index < -0.39 is 5.97 Å². The van der Waals surface area contributed by atoms with Gasteiger partial charge in [0.15, 0.2) is 0 Å². The van der Waals surface area contributed by atoms with Crippen molar-refractivity contribution in [2.24, 2.45) is 0 Å². The summed E-state index contributed by atoms with van der Waals surface area (Å²) in [5.74, 6) is -0.880. The van der Waals surface area contributed by atoms with Gasteiger partial charge in [-0.15, -0.1) is 0 Å². The summed E-state index contributed by atoms with van der Waals surface area (Å²) in [6.45, 7) is 6.66. The lowest BCUT2D eigenvalue weighted by Gasteiger charge is -2.36. The number of hydrogen-bond donors (Lipinski definition) is 1. The van der Waals surface area contributed by atoms with Gasteiger partial charge in [0.1, 0.15) is 6.29 Å². The predicted molar refractivity (Wildman–Crippen MR) is 126 cm³/mol. The van der Waals surface area contributed by atoms with E-state index in [0.29, 0.717) is 58.2 Å².